The molecule has 2 heterocycles. The number of carbonyl (C=O) groups excluding carboxylic acids is 1. The van der Waals surface area contributed by atoms with Crippen LogP contribution in [0.3, 0.4) is 0 Å². The average molecular weight is 380 g/mol. The highest BCUT2D eigenvalue weighted by atomic mass is 32.2. The van der Waals surface area contributed by atoms with E-state index in [0.717, 1.165) is 25.2 Å². The summed E-state index contributed by atoms with van der Waals surface area (Å²) in [6, 6.07) is 7.28. The van der Waals surface area contributed by atoms with Crippen LogP contribution in [0, 0.1) is 0 Å². The van der Waals surface area contributed by atoms with Crippen molar-refractivity contribution in [3.63, 3.8) is 0 Å². The van der Waals surface area contributed by atoms with Gasteiger partial charge < -0.3 is 10.2 Å². The lowest BCUT2D eigenvalue weighted by molar-refractivity contribution is -0.119. The molecule has 2 aliphatic rings. The van der Waals surface area contributed by atoms with E-state index in [9.17, 15) is 13.2 Å². The predicted octanol–water partition coefficient (Wildman–Crippen LogP) is 2.82. The number of hydrogen-bond donors (Lipinski definition) is 1. The van der Waals surface area contributed by atoms with Crippen LogP contribution in [0.5, 0.6) is 0 Å². The monoisotopic (exact) mass is 379 g/mol. The standard InChI is InChI=1S/C19H29N3O3S/c1-2-15-26(24,25)22-14-6-7-18(22)19(23)20-16-8-10-17(11-9-16)21-12-4-3-5-13-21/h8-11,18H,2-7,12-15H2,1H3,(H,20,23)/t18-/m1/s1. The van der Waals surface area contributed by atoms with Crippen molar-refractivity contribution in [2.45, 2.75) is 51.5 Å². The molecule has 26 heavy (non-hydrogen) atoms. The van der Waals surface area contributed by atoms with Crippen molar-refractivity contribution < 1.29 is 13.2 Å². The number of anilines is 2. The van der Waals surface area contributed by atoms with E-state index in [1.807, 2.05) is 31.2 Å². The third-order valence-corrected chi connectivity index (χ3v) is 7.26. The summed E-state index contributed by atoms with van der Waals surface area (Å²) in [6.07, 6.45) is 5.62. The Kier molecular flexibility index (Phi) is 6.19. The Hall–Kier alpha value is -1.60. The molecule has 144 valence electrons. The number of benzene rings is 1. The minimum absolute atomic E-state index is 0.0985. The van der Waals surface area contributed by atoms with Crippen LogP contribution in [0.25, 0.3) is 0 Å². The van der Waals surface area contributed by atoms with Gasteiger partial charge in [-0.1, -0.05) is 6.92 Å². The summed E-state index contributed by atoms with van der Waals surface area (Å²) in [5.74, 6) is -0.130. The summed E-state index contributed by atoms with van der Waals surface area (Å²) >= 11 is 0. The van der Waals surface area contributed by atoms with Crippen LogP contribution in [0.1, 0.15) is 45.4 Å². The summed E-state index contributed by atoms with van der Waals surface area (Å²) in [5, 5.41) is 2.89. The molecule has 2 saturated heterocycles. The van der Waals surface area contributed by atoms with Gasteiger partial charge in [0, 0.05) is 31.0 Å². The Balaban J connectivity index is 1.63. The van der Waals surface area contributed by atoms with E-state index in [2.05, 4.69) is 10.2 Å². The first kappa shape index (κ1) is 19.2. The molecule has 3 rings (SSSR count). The summed E-state index contributed by atoms with van der Waals surface area (Å²) < 4.78 is 26.1. The Morgan fingerprint density at radius 3 is 2.42 bits per heavy atom. The van der Waals surface area contributed by atoms with Gasteiger partial charge in [0.2, 0.25) is 15.9 Å². The van der Waals surface area contributed by atoms with E-state index in [1.54, 1.807) is 0 Å². The van der Waals surface area contributed by atoms with Gasteiger partial charge >= 0.3 is 0 Å². The maximum atomic E-state index is 12.6. The molecule has 0 bridgehead atoms. The lowest BCUT2D eigenvalue weighted by atomic mass is 10.1. The van der Waals surface area contributed by atoms with Gasteiger partial charge in [-0.3, -0.25) is 4.79 Å². The quantitative estimate of drug-likeness (QED) is 0.825. The first-order valence-electron chi connectivity index (χ1n) is 9.66. The van der Waals surface area contributed by atoms with Crippen LogP contribution in [-0.4, -0.2) is 50.1 Å². The zero-order valence-corrected chi connectivity index (χ0v) is 16.3. The van der Waals surface area contributed by atoms with Crippen LogP contribution < -0.4 is 10.2 Å². The van der Waals surface area contributed by atoms with E-state index >= 15 is 0 Å². The number of nitrogens with zero attached hydrogens (tertiary/aromatic N) is 2. The molecule has 0 radical (unpaired) electrons. The number of piperidine rings is 1. The molecule has 2 aliphatic heterocycles. The molecule has 0 aliphatic carbocycles. The Labute approximate surface area is 156 Å². The number of carbonyl (C=O) groups is 1. The molecule has 0 aromatic heterocycles. The van der Waals surface area contributed by atoms with Crippen molar-refractivity contribution in [1.82, 2.24) is 4.31 Å². The molecule has 1 amide bonds. The predicted molar refractivity (Wildman–Crippen MR) is 105 cm³/mol. The SMILES string of the molecule is CCCS(=O)(=O)N1CCC[C@@H]1C(=O)Nc1ccc(N2CCCCC2)cc1. The number of rotatable bonds is 6. The van der Waals surface area contributed by atoms with E-state index < -0.39 is 16.1 Å². The van der Waals surface area contributed by atoms with Crippen molar-refractivity contribution in [3.8, 4) is 0 Å². The molecule has 7 heteroatoms. The number of sulfonamides is 1. The largest absolute Gasteiger partial charge is 0.372 e. The number of hydrogen-bond acceptors (Lipinski definition) is 4. The van der Waals surface area contributed by atoms with Crippen LogP contribution in [0.2, 0.25) is 0 Å². The summed E-state index contributed by atoms with van der Waals surface area (Å²) in [4.78, 5) is 15.0. The van der Waals surface area contributed by atoms with Gasteiger partial charge in [0.25, 0.3) is 0 Å². The van der Waals surface area contributed by atoms with Gasteiger partial charge in [-0.2, -0.15) is 4.31 Å². The smallest absolute Gasteiger partial charge is 0.242 e. The van der Waals surface area contributed by atoms with Gasteiger partial charge in [-0.25, -0.2) is 8.42 Å². The molecule has 6 nitrogen and oxygen atoms in total. The molecule has 1 atom stereocenters. The maximum Gasteiger partial charge on any atom is 0.242 e. The Morgan fingerprint density at radius 1 is 1.08 bits per heavy atom. The van der Waals surface area contributed by atoms with E-state index in [-0.39, 0.29) is 11.7 Å². The van der Waals surface area contributed by atoms with Gasteiger partial charge in [0.05, 0.1) is 5.75 Å². The fourth-order valence-corrected chi connectivity index (χ4v) is 5.59. The fraction of sp³-hybridized carbons (Fsp3) is 0.632. The van der Waals surface area contributed by atoms with Crippen LogP contribution in [0.4, 0.5) is 11.4 Å². The molecule has 1 aromatic carbocycles. The lowest BCUT2D eigenvalue weighted by Gasteiger charge is -2.29. The second kappa shape index (κ2) is 8.39. The van der Waals surface area contributed by atoms with E-state index in [1.165, 1.54) is 29.3 Å². The van der Waals surface area contributed by atoms with Crippen molar-refractivity contribution in [1.29, 1.82) is 0 Å². The zero-order valence-electron chi connectivity index (χ0n) is 15.5. The van der Waals surface area contributed by atoms with Gasteiger partial charge in [0.1, 0.15) is 6.04 Å². The van der Waals surface area contributed by atoms with Crippen molar-refractivity contribution in [3.05, 3.63) is 24.3 Å². The van der Waals surface area contributed by atoms with Crippen LogP contribution in [-0.2, 0) is 14.8 Å². The topological polar surface area (TPSA) is 69.7 Å². The summed E-state index contributed by atoms with van der Waals surface area (Å²) in [6.45, 7) is 4.44. The third-order valence-electron chi connectivity index (χ3n) is 5.18. The molecule has 2 fully saturated rings. The van der Waals surface area contributed by atoms with Gasteiger partial charge in [-0.05, 0) is 62.8 Å². The van der Waals surface area contributed by atoms with Crippen LogP contribution in [0.15, 0.2) is 24.3 Å². The Bertz CT molecular complexity index is 712. The van der Waals surface area contributed by atoms with Crippen molar-refractivity contribution in [2.24, 2.45) is 0 Å². The number of amides is 1. The lowest BCUT2D eigenvalue weighted by Crippen LogP contribution is -2.44. The summed E-state index contributed by atoms with van der Waals surface area (Å²) in [7, 11) is -3.35. The van der Waals surface area contributed by atoms with E-state index in [4.69, 9.17) is 0 Å². The minimum Gasteiger partial charge on any atom is -0.372 e. The molecule has 0 spiro atoms. The fourth-order valence-electron chi connectivity index (χ4n) is 3.84. The van der Waals surface area contributed by atoms with Crippen molar-refractivity contribution >= 4 is 27.3 Å². The molecular weight excluding hydrogens is 350 g/mol. The third kappa shape index (κ3) is 4.38. The maximum absolute atomic E-state index is 12.6. The zero-order chi connectivity index (χ0) is 18.6. The molecule has 0 unspecified atom stereocenters. The van der Waals surface area contributed by atoms with Crippen LogP contribution >= 0.6 is 0 Å². The number of nitrogens with one attached hydrogen (secondary N) is 1. The highest BCUT2D eigenvalue weighted by molar-refractivity contribution is 7.89. The van der Waals surface area contributed by atoms with Crippen molar-refractivity contribution in [2.75, 3.05) is 35.6 Å². The summed E-state index contributed by atoms with van der Waals surface area (Å²) in [5.41, 5.74) is 1.89. The highest BCUT2D eigenvalue weighted by Gasteiger charge is 2.38. The minimum atomic E-state index is -3.35. The highest BCUT2D eigenvalue weighted by Crippen LogP contribution is 2.25. The normalized spacial score (nSPS) is 21.7. The second-order valence-corrected chi connectivity index (χ2v) is 9.21. The molecule has 0 saturated carbocycles. The molecule has 1 aromatic rings. The Morgan fingerprint density at radius 2 is 1.77 bits per heavy atom. The first-order valence-corrected chi connectivity index (χ1v) is 11.3. The first-order chi connectivity index (χ1) is 12.5. The van der Waals surface area contributed by atoms with Gasteiger partial charge in [-0.15, -0.1) is 0 Å². The van der Waals surface area contributed by atoms with Gasteiger partial charge in [0.15, 0.2) is 0 Å². The molecular formula is C19H29N3O3S. The van der Waals surface area contributed by atoms with E-state index in [0.29, 0.717) is 19.4 Å². The molecule has 1 N–H and O–H groups in total. The second-order valence-electron chi connectivity index (χ2n) is 7.17. The average Bonchev–Trinajstić information content (AvgIpc) is 3.14.